The number of hydrogen-bond donors (Lipinski definition) is 1. The van der Waals surface area contributed by atoms with Gasteiger partial charge in [-0.2, -0.15) is 0 Å². The zero-order chi connectivity index (χ0) is 23.7. The van der Waals surface area contributed by atoms with Gasteiger partial charge >= 0.3 is 0 Å². The number of benzene rings is 2. The first-order valence-electron chi connectivity index (χ1n) is 11.2. The number of ether oxygens (including phenoxy) is 2. The fraction of sp³-hybridized carbons (Fsp3) is 0.231. The van der Waals surface area contributed by atoms with Crippen LogP contribution in [-0.4, -0.2) is 53.6 Å². The topological polar surface area (TPSA) is 68.6 Å². The molecule has 1 saturated heterocycles. The van der Waals surface area contributed by atoms with E-state index in [1.807, 2.05) is 47.9 Å². The molecule has 1 amide bonds. The summed E-state index contributed by atoms with van der Waals surface area (Å²) >= 11 is 0. The van der Waals surface area contributed by atoms with Gasteiger partial charge in [0.15, 0.2) is 0 Å². The van der Waals surface area contributed by atoms with E-state index in [-0.39, 0.29) is 30.7 Å². The highest BCUT2D eigenvalue weighted by Crippen LogP contribution is 2.39. The van der Waals surface area contributed by atoms with E-state index in [1.54, 1.807) is 17.0 Å². The highest BCUT2D eigenvalue weighted by atomic mass is 35.5. The number of carbonyl (C=O) groups excluding carboxylic acids is 1. The molecule has 5 rings (SSSR count). The largest absolute Gasteiger partial charge is 0.481 e. The van der Waals surface area contributed by atoms with Crippen molar-refractivity contribution in [1.82, 2.24) is 19.8 Å². The first-order chi connectivity index (χ1) is 16.6. The summed E-state index contributed by atoms with van der Waals surface area (Å²) in [6.45, 7) is 4.39. The molecule has 0 bridgehead atoms. The quantitative estimate of drug-likeness (QED) is 0.384. The molecular formula is C26H27Cl2FN4O3. The molecule has 0 saturated carbocycles. The maximum absolute atomic E-state index is 14.1. The molecule has 0 unspecified atom stereocenters. The summed E-state index contributed by atoms with van der Waals surface area (Å²) in [7, 11) is 1.54. The van der Waals surface area contributed by atoms with E-state index in [9.17, 15) is 9.18 Å². The molecular weight excluding hydrogens is 506 g/mol. The Morgan fingerprint density at radius 3 is 2.44 bits per heavy atom. The highest BCUT2D eigenvalue weighted by molar-refractivity contribution is 6.09. The van der Waals surface area contributed by atoms with E-state index in [2.05, 4.69) is 10.3 Å². The van der Waals surface area contributed by atoms with Crippen molar-refractivity contribution in [2.24, 2.45) is 0 Å². The number of carbonyl (C=O) groups is 1. The Kier molecular flexibility index (Phi) is 8.79. The fourth-order valence-electron chi connectivity index (χ4n) is 4.17. The van der Waals surface area contributed by atoms with Gasteiger partial charge in [-0.05, 0) is 36.8 Å². The summed E-state index contributed by atoms with van der Waals surface area (Å²) in [6.07, 6.45) is 0. The summed E-state index contributed by atoms with van der Waals surface area (Å²) in [4.78, 5) is 20.3. The van der Waals surface area contributed by atoms with E-state index < -0.39 is 5.82 Å². The molecule has 2 aromatic heterocycles. The van der Waals surface area contributed by atoms with Gasteiger partial charge in [-0.15, -0.1) is 24.8 Å². The number of pyridine rings is 1. The highest BCUT2D eigenvalue weighted by Gasteiger charge is 2.31. The standard InChI is InChI=1S/C26H25FN4O3.2ClH/c1-17-8-9-18(27)16-21(17)34-26-23(25(32)30-14-12-28-13-15-30)24-20(10-11-22(29-24)33-2)31(26)19-6-4-3-5-7-19;;/h3-11,16,28H,12-15H2,1-2H3;2*1H. The Hall–Kier alpha value is -3.33. The van der Waals surface area contributed by atoms with Crippen molar-refractivity contribution in [3.63, 3.8) is 0 Å². The minimum absolute atomic E-state index is 0. The maximum atomic E-state index is 14.1. The fourth-order valence-corrected chi connectivity index (χ4v) is 4.17. The van der Waals surface area contributed by atoms with Crippen LogP contribution in [-0.2, 0) is 0 Å². The summed E-state index contributed by atoms with van der Waals surface area (Å²) in [6, 6.07) is 17.6. The van der Waals surface area contributed by atoms with Crippen LogP contribution in [0.15, 0.2) is 60.7 Å². The van der Waals surface area contributed by atoms with Crippen LogP contribution in [0.4, 0.5) is 4.39 Å². The zero-order valence-electron chi connectivity index (χ0n) is 19.9. The summed E-state index contributed by atoms with van der Waals surface area (Å²) in [5, 5.41) is 3.27. The van der Waals surface area contributed by atoms with E-state index in [1.165, 1.54) is 19.2 Å². The lowest BCUT2D eigenvalue weighted by atomic mass is 10.2. The molecule has 0 atom stereocenters. The number of fused-ring (bicyclic) bond motifs is 1. The van der Waals surface area contributed by atoms with Crippen LogP contribution in [0, 0.1) is 12.7 Å². The number of hydrogen-bond acceptors (Lipinski definition) is 5. The Labute approximate surface area is 221 Å². The number of nitrogens with one attached hydrogen (secondary N) is 1. The van der Waals surface area contributed by atoms with Crippen molar-refractivity contribution in [1.29, 1.82) is 0 Å². The van der Waals surface area contributed by atoms with Gasteiger partial charge in [0.25, 0.3) is 5.91 Å². The van der Waals surface area contributed by atoms with Gasteiger partial charge in [0.05, 0.1) is 12.6 Å². The van der Waals surface area contributed by atoms with E-state index in [4.69, 9.17) is 9.47 Å². The predicted molar refractivity (Wildman–Crippen MR) is 142 cm³/mol. The second-order valence-electron chi connectivity index (χ2n) is 8.13. The minimum Gasteiger partial charge on any atom is -0.481 e. The maximum Gasteiger partial charge on any atom is 0.261 e. The Morgan fingerprint density at radius 1 is 1.03 bits per heavy atom. The van der Waals surface area contributed by atoms with Crippen LogP contribution in [0.2, 0.25) is 0 Å². The first-order valence-corrected chi connectivity index (χ1v) is 11.2. The number of aromatic nitrogens is 2. The second-order valence-corrected chi connectivity index (χ2v) is 8.13. The Bertz CT molecular complexity index is 1360. The molecule has 0 radical (unpaired) electrons. The molecule has 0 spiro atoms. The summed E-state index contributed by atoms with van der Waals surface area (Å²) in [5.74, 6) is 0.407. The van der Waals surface area contributed by atoms with Crippen molar-refractivity contribution >= 4 is 41.8 Å². The van der Waals surface area contributed by atoms with Gasteiger partial charge < -0.3 is 19.7 Å². The molecule has 2 aromatic carbocycles. The zero-order valence-corrected chi connectivity index (χ0v) is 21.5. The van der Waals surface area contributed by atoms with Gasteiger partial charge in [0.2, 0.25) is 11.8 Å². The number of amides is 1. The van der Waals surface area contributed by atoms with Gasteiger partial charge in [-0.25, -0.2) is 9.37 Å². The van der Waals surface area contributed by atoms with Crippen molar-refractivity contribution in [3.8, 4) is 23.2 Å². The van der Waals surface area contributed by atoms with Gasteiger partial charge in [-0.1, -0.05) is 24.3 Å². The van der Waals surface area contributed by atoms with Crippen LogP contribution in [0.5, 0.6) is 17.5 Å². The first kappa shape index (κ1) is 27.3. The van der Waals surface area contributed by atoms with Gasteiger partial charge in [0.1, 0.15) is 22.6 Å². The average Bonchev–Trinajstić information content (AvgIpc) is 3.19. The van der Waals surface area contributed by atoms with Crippen LogP contribution in [0.1, 0.15) is 15.9 Å². The third-order valence-corrected chi connectivity index (χ3v) is 5.94. The number of para-hydroxylation sites is 1. The molecule has 10 heteroatoms. The second kappa shape index (κ2) is 11.6. The molecule has 1 aliphatic rings. The van der Waals surface area contributed by atoms with E-state index in [0.29, 0.717) is 60.3 Å². The van der Waals surface area contributed by atoms with Crippen molar-refractivity contribution < 1.29 is 18.7 Å². The van der Waals surface area contributed by atoms with Crippen LogP contribution in [0.25, 0.3) is 16.7 Å². The predicted octanol–water partition coefficient (Wildman–Crippen LogP) is 5.16. The van der Waals surface area contributed by atoms with Gasteiger partial charge in [0, 0.05) is 44.0 Å². The number of nitrogens with zero attached hydrogens (tertiary/aromatic N) is 3. The van der Waals surface area contributed by atoms with Crippen molar-refractivity contribution in [2.75, 3.05) is 33.3 Å². The number of halogens is 3. The lowest BCUT2D eigenvalue weighted by Crippen LogP contribution is -2.46. The molecule has 1 N–H and O–H groups in total. The monoisotopic (exact) mass is 532 g/mol. The summed E-state index contributed by atoms with van der Waals surface area (Å²) in [5.41, 5.74) is 3.02. The lowest BCUT2D eigenvalue weighted by Gasteiger charge is -2.27. The molecule has 1 fully saturated rings. The third-order valence-electron chi connectivity index (χ3n) is 5.94. The van der Waals surface area contributed by atoms with Gasteiger partial charge in [-0.3, -0.25) is 9.36 Å². The number of methoxy groups -OCH3 is 1. The average molecular weight is 533 g/mol. The molecule has 1 aliphatic heterocycles. The summed E-state index contributed by atoms with van der Waals surface area (Å²) < 4.78 is 27.7. The minimum atomic E-state index is -0.419. The van der Waals surface area contributed by atoms with Crippen LogP contribution < -0.4 is 14.8 Å². The third kappa shape index (κ3) is 5.11. The molecule has 36 heavy (non-hydrogen) atoms. The van der Waals surface area contributed by atoms with Crippen LogP contribution in [0.3, 0.4) is 0 Å². The van der Waals surface area contributed by atoms with Crippen LogP contribution >= 0.6 is 24.8 Å². The number of piperazine rings is 1. The Morgan fingerprint density at radius 2 is 1.75 bits per heavy atom. The van der Waals surface area contributed by atoms with E-state index >= 15 is 0 Å². The number of rotatable bonds is 5. The van der Waals surface area contributed by atoms with E-state index in [0.717, 1.165) is 11.3 Å². The number of aryl methyl sites for hydroxylation is 1. The smallest absolute Gasteiger partial charge is 0.261 e. The molecule has 3 heterocycles. The molecule has 190 valence electrons. The molecule has 7 nitrogen and oxygen atoms in total. The molecule has 4 aromatic rings. The molecule has 0 aliphatic carbocycles. The normalized spacial score (nSPS) is 13.0. The van der Waals surface area contributed by atoms with Crippen molar-refractivity contribution in [3.05, 3.63) is 77.6 Å². The Balaban J connectivity index is 0.00000180. The lowest BCUT2D eigenvalue weighted by molar-refractivity contribution is 0.0734. The van der Waals surface area contributed by atoms with Crippen molar-refractivity contribution in [2.45, 2.75) is 6.92 Å². The SMILES string of the molecule is COc1ccc2c(n1)c(C(=O)N1CCNCC1)c(Oc1cc(F)ccc1C)n2-c1ccccc1.Cl.Cl.